The molecule has 1 aromatic rings. The van der Waals surface area contributed by atoms with E-state index in [1.807, 2.05) is 11.1 Å². The molecule has 16 heavy (non-hydrogen) atoms. The average Bonchev–Trinajstić information content (AvgIpc) is 2.27. The lowest BCUT2D eigenvalue weighted by molar-refractivity contribution is -0.0782. The van der Waals surface area contributed by atoms with Crippen LogP contribution in [0.2, 0.25) is 10.0 Å². The zero-order chi connectivity index (χ0) is 11.5. The third kappa shape index (κ3) is 3.03. The Morgan fingerprint density at radius 3 is 2.50 bits per heavy atom. The van der Waals surface area contributed by atoms with Crippen molar-refractivity contribution in [1.82, 2.24) is 5.06 Å². The van der Waals surface area contributed by atoms with Crippen LogP contribution in [0.15, 0.2) is 18.2 Å². The molecule has 1 saturated heterocycles. The van der Waals surface area contributed by atoms with Crippen LogP contribution >= 0.6 is 23.2 Å². The highest BCUT2D eigenvalue weighted by atomic mass is 35.5. The summed E-state index contributed by atoms with van der Waals surface area (Å²) < 4.78 is 0. The van der Waals surface area contributed by atoms with Crippen molar-refractivity contribution in [2.45, 2.75) is 12.8 Å². The summed E-state index contributed by atoms with van der Waals surface area (Å²) in [6, 6.07) is 5.30. The fourth-order valence-corrected chi connectivity index (χ4v) is 1.97. The summed E-state index contributed by atoms with van der Waals surface area (Å²) in [5.41, 5.74) is 0. The van der Waals surface area contributed by atoms with E-state index in [1.54, 1.807) is 12.1 Å². The summed E-state index contributed by atoms with van der Waals surface area (Å²) in [6.45, 7) is 5.87. The van der Waals surface area contributed by atoms with Crippen LogP contribution in [0.4, 0.5) is 0 Å². The van der Waals surface area contributed by atoms with E-state index >= 15 is 0 Å². The molecule has 1 aliphatic heterocycles. The van der Waals surface area contributed by atoms with Gasteiger partial charge in [0.05, 0.1) is 10.0 Å². The lowest BCUT2D eigenvalue weighted by Gasteiger charge is -2.29. The minimum absolute atomic E-state index is 0.520. The van der Waals surface area contributed by atoms with Crippen molar-refractivity contribution in [3.63, 3.8) is 0 Å². The molecule has 1 fully saturated rings. The Bertz CT molecular complexity index is 362. The van der Waals surface area contributed by atoms with Gasteiger partial charge in [-0.3, -0.25) is 0 Å². The van der Waals surface area contributed by atoms with E-state index in [4.69, 9.17) is 28.0 Å². The topological polar surface area (TPSA) is 12.5 Å². The molecule has 0 bridgehead atoms. The summed E-state index contributed by atoms with van der Waals surface area (Å²) in [6.07, 6.45) is 2.14. The molecular formula is C12H14Cl2NO. The second-order valence-corrected chi connectivity index (χ2v) is 4.85. The summed E-state index contributed by atoms with van der Waals surface area (Å²) in [5, 5.41) is 3.01. The number of rotatable bonds is 2. The molecule has 0 unspecified atom stereocenters. The summed E-state index contributed by atoms with van der Waals surface area (Å²) in [7, 11) is 0. The maximum absolute atomic E-state index is 5.91. The molecule has 2 nitrogen and oxygen atoms in total. The molecular weight excluding hydrogens is 245 g/mol. The third-order valence-electron chi connectivity index (χ3n) is 2.70. The van der Waals surface area contributed by atoms with E-state index in [-0.39, 0.29) is 0 Å². The molecule has 2 rings (SSSR count). The molecule has 0 atom stereocenters. The first-order valence-electron chi connectivity index (χ1n) is 5.36. The predicted octanol–water partition coefficient (Wildman–Crippen LogP) is 3.83. The predicted molar refractivity (Wildman–Crippen MR) is 66.7 cm³/mol. The maximum atomic E-state index is 5.91. The summed E-state index contributed by atoms with van der Waals surface area (Å²) >= 11 is 11.7. The van der Waals surface area contributed by atoms with Crippen LogP contribution in [0, 0.1) is 12.8 Å². The number of piperidine rings is 1. The molecule has 0 aliphatic carbocycles. The van der Waals surface area contributed by atoms with Crippen LogP contribution in [0.25, 0.3) is 0 Å². The number of halogens is 2. The van der Waals surface area contributed by atoms with Gasteiger partial charge in [0.2, 0.25) is 0 Å². The first kappa shape index (κ1) is 12.0. The Hall–Kier alpha value is -0.440. The van der Waals surface area contributed by atoms with Crippen LogP contribution in [0.3, 0.4) is 0 Å². The fourth-order valence-electron chi connectivity index (χ4n) is 1.68. The van der Waals surface area contributed by atoms with Crippen LogP contribution in [0.5, 0.6) is 5.75 Å². The Balaban J connectivity index is 1.96. The number of hydroxylamine groups is 2. The molecule has 4 heteroatoms. The maximum Gasteiger partial charge on any atom is 0.149 e. The Morgan fingerprint density at radius 2 is 1.88 bits per heavy atom. The normalized spacial score (nSPS) is 18.7. The van der Waals surface area contributed by atoms with Gasteiger partial charge in [0, 0.05) is 19.2 Å². The van der Waals surface area contributed by atoms with Crippen LogP contribution in [-0.2, 0) is 0 Å². The molecule has 87 valence electrons. The summed E-state index contributed by atoms with van der Waals surface area (Å²) in [4.78, 5) is 5.70. The van der Waals surface area contributed by atoms with Crippen molar-refractivity contribution < 1.29 is 4.84 Å². The lowest BCUT2D eigenvalue weighted by atomic mass is 10.0. The molecule has 0 saturated carbocycles. The summed E-state index contributed by atoms with van der Waals surface area (Å²) in [5.74, 6) is 1.28. The molecule has 1 aromatic carbocycles. The Labute approximate surface area is 106 Å². The molecule has 1 aliphatic rings. The first-order valence-corrected chi connectivity index (χ1v) is 6.12. The number of benzene rings is 1. The molecule has 1 radical (unpaired) electrons. The molecule has 1 heterocycles. The standard InChI is InChI=1S/C12H14Cl2NO/c1-9-4-6-15(7-5-9)16-10-2-3-11(13)12(14)8-10/h2-3,8-9H,1,4-7H2. The highest BCUT2D eigenvalue weighted by Crippen LogP contribution is 2.27. The smallest absolute Gasteiger partial charge is 0.149 e. The van der Waals surface area contributed by atoms with Gasteiger partial charge in [0.15, 0.2) is 0 Å². The first-order chi connectivity index (χ1) is 7.65. The van der Waals surface area contributed by atoms with E-state index in [0.29, 0.717) is 16.0 Å². The van der Waals surface area contributed by atoms with Crippen molar-refractivity contribution in [1.29, 1.82) is 0 Å². The largest absolute Gasteiger partial charge is 0.406 e. The van der Waals surface area contributed by atoms with E-state index in [0.717, 1.165) is 31.7 Å². The van der Waals surface area contributed by atoms with E-state index in [9.17, 15) is 0 Å². The Morgan fingerprint density at radius 1 is 1.19 bits per heavy atom. The van der Waals surface area contributed by atoms with Crippen molar-refractivity contribution in [3.05, 3.63) is 35.2 Å². The van der Waals surface area contributed by atoms with Gasteiger partial charge < -0.3 is 4.84 Å². The zero-order valence-corrected chi connectivity index (χ0v) is 10.5. The van der Waals surface area contributed by atoms with Gasteiger partial charge in [0.1, 0.15) is 5.75 Å². The SMILES string of the molecule is [CH2]C1CCN(Oc2ccc(Cl)c(Cl)c2)CC1. The highest BCUT2D eigenvalue weighted by Gasteiger charge is 2.17. The van der Waals surface area contributed by atoms with Gasteiger partial charge in [0.25, 0.3) is 0 Å². The van der Waals surface area contributed by atoms with Crippen molar-refractivity contribution >= 4 is 23.2 Å². The molecule has 0 spiro atoms. The molecule has 0 aromatic heterocycles. The van der Waals surface area contributed by atoms with E-state index in [2.05, 4.69) is 6.92 Å². The second kappa shape index (κ2) is 5.26. The zero-order valence-electron chi connectivity index (χ0n) is 8.96. The third-order valence-corrected chi connectivity index (χ3v) is 3.44. The van der Waals surface area contributed by atoms with Gasteiger partial charge in [-0.05, 0) is 30.9 Å². The second-order valence-electron chi connectivity index (χ2n) is 4.04. The van der Waals surface area contributed by atoms with Gasteiger partial charge in [-0.2, -0.15) is 0 Å². The van der Waals surface area contributed by atoms with Gasteiger partial charge in [-0.25, -0.2) is 0 Å². The van der Waals surface area contributed by atoms with Gasteiger partial charge in [-0.1, -0.05) is 30.1 Å². The minimum atomic E-state index is 0.520. The highest BCUT2D eigenvalue weighted by molar-refractivity contribution is 6.42. The average molecular weight is 259 g/mol. The van der Waals surface area contributed by atoms with Crippen molar-refractivity contribution in [3.8, 4) is 5.75 Å². The van der Waals surface area contributed by atoms with Gasteiger partial charge in [-0.15, -0.1) is 5.06 Å². The molecule has 0 amide bonds. The minimum Gasteiger partial charge on any atom is -0.406 e. The quantitative estimate of drug-likeness (QED) is 0.800. The van der Waals surface area contributed by atoms with E-state index < -0.39 is 0 Å². The number of hydrogen-bond donors (Lipinski definition) is 0. The number of hydrogen-bond acceptors (Lipinski definition) is 2. The van der Waals surface area contributed by atoms with Crippen molar-refractivity contribution in [2.75, 3.05) is 13.1 Å². The fraction of sp³-hybridized carbons (Fsp3) is 0.417. The van der Waals surface area contributed by atoms with E-state index in [1.165, 1.54) is 0 Å². The monoisotopic (exact) mass is 258 g/mol. The number of nitrogens with zero attached hydrogens (tertiary/aromatic N) is 1. The van der Waals surface area contributed by atoms with Crippen LogP contribution < -0.4 is 4.84 Å². The van der Waals surface area contributed by atoms with Gasteiger partial charge >= 0.3 is 0 Å². The molecule has 0 N–H and O–H groups in total. The van der Waals surface area contributed by atoms with Crippen LogP contribution in [0.1, 0.15) is 12.8 Å². The Kier molecular flexibility index (Phi) is 3.95. The van der Waals surface area contributed by atoms with Crippen molar-refractivity contribution in [2.24, 2.45) is 5.92 Å². The van der Waals surface area contributed by atoms with Crippen LogP contribution in [-0.4, -0.2) is 18.2 Å². The lowest BCUT2D eigenvalue weighted by Crippen LogP contribution is -2.35.